The van der Waals surface area contributed by atoms with E-state index < -0.39 is 22.0 Å². The highest BCUT2D eigenvalue weighted by molar-refractivity contribution is 7.89. The van der Waals surface area contributed by atoms with Crippen LogP contribution in [0, 0.1) is 0 Å². The predicted octanol–water partition coefficient (Wildman–Crippen LogP) is -1.70. The second kappa shape index (κ2) is 5.71. The predicted molar refractivity (Wildman–Crippen MR) is 63.4 cm³/mol. The van der Waals surface area contributed by atoms with Crippen LogP contribution < -0.4 is 21.7 Å². The average Bonchev–Trinajstić information content (AvgIpc) is 2.27. The van der Waals surface area contributed by atoms with Crippen LogP contribution in [0.2, 0.25) is 0 Å². The zero-order valence-corrected chi connectivity index (χ0v) is 10.4. The summed E-state index contributed by atoms with van der Waals surface area (Å²) in [6.07, 6.45) is 2.10. The summed E-state index contributed by atoms with van der Waals surface area (Å²) in [5, 5.41) is 0. The van der Waals surface area contributed by atoms with Crippen molar-refractivity contribution in [2.24, 2.45) is 11.6 Å². The molecule has 0 fully saturated rings. The number of nitrogens with one attached hydrogen (secondary N) is 2. The fraction of sp³-hybridized carbons (Fsp3) is 0.375. The van der Waals surface area contributed by atoms with Gasteiger partial charge in [-0.25, -0.2) is 29.0 Å². The molecule has 100 valence electrons. The zero-order valence-electron chi connectivity index (χ0n) is 9.62. The normalized spacial score (nSPS) is 13.0. The molecule has 0 aromatic carbocycles. The molecule has 0 aliphatic rings. The highest BCUT2D eigenvalue weighted by Gasteiger charge is 2.19. The first-order chi connectivity index (χ1) is 8.35. The molecule has 1 atom stereocenters. The van der Waals surface area contributed by atoms with Gasteiger partial charge in [-0.1, -0.05) is 0 Å². The molecule has 0 saturated carbocycles. The minimum absolute atomic E-state index is 0.0947. The summed E-state index contributed by atoms with van der Waals surface area (Å²) in [7, 11) is -3.78. The van der Waals surface area contributed by atoms with E-state index in [9.17, 15) is 13.2 Å². The maximum atomic E-state index is 11.8. The Morgan fingerprint density at radius 2 is 2.00 bits per heavy atom. The van der Waals surface area contributed by atoms with Crippen molar-refractivity contribution in [3.05, 3.63) is 12.4 Å². The molecule has 1 unspecified atom stereocenters. The Bertz CT molecular complexity index is 514. The molecule has 0 aliphatic heterocycles. The van der Waals surface area contributed by atoms with Gasteiger partial charge in [0, 0.05) is 12.5 Å². The first kappa shape index (κ1) is 14.3. The number of anilines is 1. The van der Waals surface area contributed by atoms with E-state index in [1.807, 2.05) is 0 Å². The maximum Gasteiger partial charge on any atom is 0.243 e. The van der Waals surface area contributed by atoms with E-state index >= 15 is 0 Å². The molecule has 0 spiro atoms. The standard InChI is InChI=1S/C8H14N6O3S/c1-5(2-7(9)15)14-18(16,17)6-3-11-8(13-10)12-4-6/h3-5,14H,2,10H2,1H3,(H2,9,15)(H,11,12,13). The van der Waals surface area contributed by atoms with Gasteiger partial charge in [-0.05, 0) is 6.92 Å². The molecule has 10 heteroatoms. The minimum atomic E-state index is -3.78. The van der Waals surface area contributed by atoms with Crippen LogP contribution in [0.15, 0.2) is 17.3 Å². The second-order valence-corrected chi connectivity index (χ2v) is 5.29. The Labute approximate surface area is 104 Å². The molecular formula is C8H14N6O3S. The smallest absolute Gasteiger partial charge is 0.243 e. The van der Waals surface area contributed by atoms with Crippen LogP contribution >= 0.6 is 0 Å². The van der Waals surface area contributed by atoms with Gasteiger partial charge in [0.25, 0.3) is 0 Å². The monoisotopic (exact) mass is 274 g/mol. The number of hydrazine groups is 1. The van der Waals surface area contributed by atoms with Gasteiger partial charge in [0.05, 0.1) is 12.4 Å². The Balaban J connectivity index is 2.82. The Morgan fingerprint density at radius 1 is 1.44 bits per heavy atom. The summed E-state index contributed by atoms with van der Waals surface area (Å²) < 4.78 is 25.9. The number of aromatic nitrogens is 2. The van der Waals surface area contributed by atoms with Gasteiger partial charge in [0.2, 0.25) is 21.9 Å². The first-order valence-electron chi connectivity index (χ1n) is 4.94. The van der Waals surface area contributed by atoms with Crippen molar-refractivity contribution < 1.29 is 13.2 Å². The van der Waals surface area contributed by atoms with Crippen LogP contribution in [0.3, 0.4) is 0 Å². The first-order valence-corrected chi connectivity index (χ1v) is 6.43. The van der Waals surface area contributed by atoms with Crippen LogP contribution in [0.5, 0.6) is 0 Å². The fourth-order valence-corrected chi connectivity index (χ4v) is 2.34. The summed E-state index contributed by atoms with van der Waals surface area (Å²) in [4.78, 5) is 17.9. The zero-order chi connectivity index (χ0) is 13.8. The van der Waals surface area contributed by atoms with Gasteiger partial charge < -0.3 is 5.73 Å². The number of primary amides is 1. The Kier molecular flexibility index (Phi) is 4.53. The van der Waals surface area contributed by atoms with Crippen molar-refractivity contribution in [3.8, 4) is 0 Å². The number of nitrogens with two attached hydrogens (primary N) is 2. The molecule has 0 aliphatic carbocycles. The third-order valence-electron chi connectivity index (χ3n) is 1.93. The topological polar surface area (TPSA) is 153 Å². The van der Waals surface area contributed by atoms with E-state index in [4.69, 9.17) is 11.6 Å². The molecule has 0 saturated heterocycles. The third-order valence-corrected chi connectivity index (χ3v) is 3.48. The molecule has 1 aromatic heterocycles. The van der Waals surface area contributed by atoms with Crippen LogP contribution in [-0.2, 0) is 14.8 Å². The summed E-state index contributed by atoms with van der Waals surface area (Å²) in [5.74, 6) is 4.56. The van der Waals surface area contributed by atoms with Gasteiger partial charge >= 0.3 is 0 Å². The molecule has 1 aromatic rings. The largest absolute Gasteiger partial charge is 0.370 e. The second-order valence-electron chi connectivity index (χ2n) is 3.58. The molecule has 0 radical (unpaired) electrons. The maximum absolute atomic E-state index is 11.8. The summed E-state index contributed by atoms with van der Waals surface area (Å²) in [5.41, 5.74) is 7.14. The third kappa shape index (κ3) is 3.91. The van der Waals surface area contributed by atoms with E-state index in [0.29, 0.717) is 0 Å². The minimum Gasteiger partial charge on any atom is -0.370 e. The molecule has 1 amide bonds. The number of nitrogens with zero attached hydrogens (tertiary/aromatic N) is 2. The number of rotatable bonds is 6. The molecule has 6 N–H and O–H groups in total. The van der Waals surface area contributed by atoms with Gasteiger partial charge in [-0.15, -0.1) is 0 Å². The Morgan fingerprint density at radius 3 is 2.44 bits per heavy atom. The molecule has 9 nitrogen and oxygen atoms in total. The van der Waals surface area contributed by atoms with Crippen LogP contribution in [0.25, 0.3) is 0 Å². The number of carbonyl (C=O) groups excluding carboxylic acids is 1. The van der Waals surface area contributed by atoms with Crippen LogP contribution in [-0.4, -0.2) is 30.3 Å². The van der Waals surface area contributed by atoms with Gasteiger partial charge in [0.15, 0.2) is 0 Å². The number of amides is 1. The molecule has 1 heterocycles. The lowest BCUT2D eigenvalue weighted by molar-refractivity contribution is -0.118. The van der Waals surface area contributed by atoms with Gasteiger partial charge in [-0.3, -0.25) is 10.2 Å². The van der Waals surface area contributed by atoms with Crippen molar-refractivity contribution >= 4 is 21.9 Å². The fourth-order valence-electron chi connectivity index (χ4n) is 1.21. The summed E-state index contributed by atoms with van der Waals surface area (Å²) in [6, 6.07) is -0.611. The van der Waals surface area contributed by atoms with E-state index in [1.54, 1.807) is 0 Å². The van der Waals surface area contributed by atoms with Gasteiger partial charge in [0.1, 0.15) is 4.90 Å². The molecule has 1 rings (SSSR count). The number of hydrogen-bond donors (Lipinski definition) is 4. The number of hydrogen-bond acceptors (Lipinski definition) is 7. The quantitative estimate of drug-likeness (QED) is 0.356. The number of nitrogen functional groups attached to an aromatic ring is 1. The molecular weight excluding hydrogens is 260 g/mol. The van der Waals surface area contributed by atoms with Crippen molar-refractivity contribution in [1.82, 2.24) is 14.7 Å². The van der Waals surface area contributed by atoms with Crippen LogP contribution in [0.4, 0.5) is 5.95 Å². The van der Waals surface area contributed by atoms with Crippen molar-refractivity contribution in [2.45, 2.75) is 24.3 Å². The van der Waals surface area contributed by atoms with Gasteiger partial charge in [-0.2, -0.15) is 0 Å². The number of sulfonamides is 1. The molecule has 0 bridgehead atoms. The van der Waals surface area contributed by atoms with Crippen molar-refractivity contribution in [2.75, 3.05) is 5.43 Å². The molecule has 18 heavy (non-hydrogen) atoms. The summed E-state index contributed by atoms with van der Waals surface area (Å²) in [6.45, 7) is 1.53. The summed E-state index contributed by atoms with van der Waals surface area (Å²) >= 11 is 0. The van der Waals surface area contributed by atoms with E-state index in [2.05, 4.69) is 20.1 Å². The average molecular weight is 274 g/mol. The lowest BCUT2D eigenvalue weighted by Crippen LogP contribution is -2.35. The lowest BCUT2D eigenvalue weighted by Gasteiger charge is -2.12. The van der Waals surface area contributed by atoms with Crippen LogP contribution in [0.1, 0.15) is 13.3 Å². The highest BCUT2D eigenvalue weighted by Crippen LogP contribution is 2.08. The highest BCUT2D eigenvalue weighted by atomic mass is 32.2. The number of carbonyl (C=O) groups is 1. The SMILES string of the molecule is CC(CC(N)=O)NS(=O)(=O)c1cnc(NN)nc1. The van der Waals surface area contributed by atoms with E-state index in [0.717, 1.165) is 12.4 Å². The van der Waals surface area contributed by atoms with E-state index in [1.165, 1.54) is 6.92 Å². The lowest BCUT2D eigenvalue weighted by atomic mass is 10.2. The van der Waals surface area contributed by atoms with Crippen molar-refractivity contribution in [3.63, 3.8) is 0 Å². The van der Waals surface area contributed by atoms with E-state index in [-0.39, 0.29) is 17.3 Å². The van der Waals surface area contributed by atoms with Crippen molar-refractivity contribution in [1.29, 1.82) is 0 Å². The Hall–Kier alpha value is -1.78.